The Kier molecular flexibility index (Phi) is 36.1. The molecule has 0 spiro atoms. The van der Waals surface area contributed by atoms with Crippen LogP contribution >= 0.6 is 0 Å². The molecule has 2 unspecified atom stereocenters. The lowest BCUT2D eigenvalue weighted by molar-refractivity contribution is -0.870. The number of nitrogens with zero attached hydrogens (tertiary/aromatic N) is 1. The third-order valence-corrected chi connectivity index (χ3v) is 9.46. The number of hydrogen-bond donors (Lipinski definition) is 1. The molecule has 316 valence electrons. The first-order chi connectivity index (χ1) is 26.1. The van der Waals surface area contributed by atoms with E-state index in [0.29, 0.717) is 17.4 Å². The summed E-state index contributed by atoms with van der Waals surface area (Å²) in [4.78, 5) is 37.0. The molecule has 0 heterocycles. The molecule has 0 aliphatic rings. The highest BCUT2D eigenvalue weighted by molar-refractivity contribution is 5.71. The van der Waals surface area contributed by atoms with Crippen LogP contribution in [0.2, 0.25) is 0 Å². The monoisotopic (exact) mass is 767 g/mol. The second kappa shape index (κ2) is 37.7. The van der Waals surface area contributed by atoms with E-state index in [1.165, 1.54) is 109 Å². The Morgan fingerprint density at radius 1 is 0.556 bits per heavy atom. The molecule has 9 heteroatoms. The highest BCUT2D eigenvalue weighted by Crippen LogP contribution is 2.14. The van der Waals surface area contributed by atoms with Gasteiger partial charge in [-0.05, 0) is 44.9 Å². The molecule has 0 fully saturated rings. The minimum atomic E-state index is -1.51. The Hall–Kier alpha value is -2.23. The lowest BCUT2D eigenvalue weighted by Gasteiger charge is -2.25. The lowest BCUT2D eigenvalue weighted by Crippen LogP contribution is -2.40. The number of unbranched alkanes of at least 4 members (excludes halogenated alkanes) is 21. The molecule has 0 saturated carbocycles. The predicted octanol–water partition coefficient (Wildman–Crippen LogP) is 11.3. The van der Waals surface area contributed by atoms with Gasteiger partial charge in [0.15, 0.2) is 6.10 Å². The molecule has 0 aliphatic carbocycles. The molecule has 0 aromatic carbocycles. The SMILES string of the molecule is CCCCC/C=C\C/C=C\CCCCCCCCCCCC(=O)OC(COC(=O)CCCCCCCCCCCC)COC(OCC[N+](C)(C)C)C(=O)O. The minimum absolute atomic E-state index is 0.180. The van der Waals surface area contributed by atoms with Crippen molar-refractivity contribution >= 4 is 17.9 Å². The highest BCUT2D eigenvalue weighted by Gasteiger charge is 2.25. The molecular weight excluding hydrogens is 682 g/mol. The van der Waals surface area contributed by atoms with E-state index < -0.39 is 24.3 Å². The zero-order chi connectivity index (χ0) is 40.0. The fraction of sp³-hybridized carbons (Fsp3) is 0.844. The van der Waals surface area contributed by atoms with Gasteiger partial charge in [0, 0.05) is 12.8 Å². The quantitative estimate of drug-likeness (QED) is 0.0216. The summed E-state index contributed by atoms with van der Waals surface area (Å²) in [6, 6.07) is 0. The number of ether oxygens (including phenoxy) is 4. The Morgan fingerprint density at radius 2 is 1.00 bits per heavy atom. The van der Waals surface area contributed by atoms with E-state index in [0.717, 1.165) is 51.4 Å². The summed E-state index contributed by atoms with van der Waals surface area (Å²) in [6.45, 7) is 4.83. The predicted molar refractivity (Wildman–Crippen MR) is 221 cm³/mol. The van der Waals surface area contributed by atoms with E-state index in [1.54, 1.807) is 0 Å². The molecule has 0 rings (SSSR count). The van der Waals surface area contributed by atoms with E-state index in [4.69, 9.17) is 18.9 Å². The molecule has 0 aromatic rings. The van der Waals surface area contributed by atoms with Crippen molar-refractivity contribution < 1.29 is 42.9 Å². The number of carboxylic acid groups (broad SMARTS) is 1. The van der Waals surface area contributed by atoms with Gasteiger partial charge in [0.05, 0.1) is 34.4 Å². The molecule has 0 amide bonds. The van der Waals surface area contributed by atoms with Gasteiger partial charge >= 0.3 is 17.9 Å². The van der Waals surface area contributed by atoms with Crippen molar-refractivity contribution in [2.75, 3.05) is 47.5 Å². The average Bonchev–Trinajstić information content (AvgIpc) is 3.12. The summed E-state index contributed by atoms with van der Waals surface area (Å²) in [5.41, 5.74) is 0. The first-order valence-corrected chi connectivity index (χ1v) is 22.0. The third-order valence-electron chi connectivity index (χ3n) is 9.46. The number of carbonyl (C=O) groups is 3. The van der Waals surface area contributed by atoms with Crippen LogP contribution in [0.25, 0.3) is 0 Å². The van der Waals surface area contributed by atoms with Crippen molar-refractivity contribution in [3.63, 3.8) is 0 Å². The van der Waals surface area contributed by atoms with Crippen LogP contribution in [0, 0.1) is 0 Å². The number of likely N-dealkylation sites (N-methyl/N-ethyl adjacent to an activating group) is 1. The molecule has 0 saturated heterocycles. The molecule has 9 nitrogen and oxygen atoms in total. The molecule has 0 aliphatic heterocycles. The van der Waals surface area contributed by atoms with Gasteiger partial charge in [-0.25, -0.2) is 4.79 Å². The van der Waals surface area contributed by atoms with Crippen LogP contribution in [0.4, 0.5) is 0 Å². The van der Waals surface area contributed by atoms with Crippen LogP contribution in [0.3, 0.4) is 0 Å². The van der Waals surface area contributed by atoms with Gasteiger partial charge in [0.2, 0.25) is 0 Å². The summed E-state index contributed by atoms with van der Waals surface area (Å²) in [6.07, 6.45) is 36.6. The van der Waals surface area contributed by atoms with E-state index in [9.17, 15) is 19.5 Å². The second-order valence-electron chi connectivity index (χ2n) is 16.0. The lowest BCUT2D eigenvalue weighted by atomic mass is 10.1. The maximum absolute atomic E-state index is 12.7. The first-order valence-electron chi connectivity index (χ1n) is 22.0. The van der Waals surface area contributed by atoms with Gasteiger partial charge in [-0.15, -0.1) is 0 Å². The molecule has 1 N–H and O–H groups in total. The number of hydrogen-bond acceptors (Lipinski definition) is 7. The molecule has 0 radical (unpaired) electrons. The van der Waals surface area contributed by atoms with Gasteiger partial charge in [0.25, 0.3) is 6.29 Å². The van der Waals surface area contributed by atoms with Crippen LogP contribution in [0.1, 0.15) is 187 Å². The number of esters is 2. The van der Waals surface area contributed by atoms with Gasteiger partial charge in [-0.3, -0.25) is 9.59 Å². The first kappa shape index (κ1) is 51.8. The van der Waals surface area contributed by atoms with Crippen molar-refractivity contribution in [3.8, 4) is 0 Å². The van der Waals surface area contributed by atoms with Gasteiger partial charge in [0.1, 0.15) is 13.2 Å². The van der Waals surface area contributed by atoms with Crippen LogP contribution < -0.4 is 0 Å². The van der Waals surface area contributed by atoms with Crippen LogP contribution in [-0.4, -0.2) is 87.4 Å². The van der Waals surface area contributed by atoms with Crippen molar-refractivity contribution in [2.24, 2.45) is 0 Å². The number of carbonyl (C=O) groups excluding carboxylic acids is 2. The third kappa shape index (κ3) is 38.1. The maximum Gasteiger partial charge on any atom is 0.361 e. The van der Waals surface area contributed by atoms with Gasteiger partial charge < -0.3 is 28.5 Å². The molecule has 0 aromatic heterocycles. The number of rotatable bonds is 40. The molecule has 54 heavy (non-hydrogen) atoms. The Morgan fingerprint density at radius 3 is 1.50 bits per heavy atom. The smallest absolute Gasteiger partial charge is 0.361 e. The van der Waals surface area contributed by atoms with Gasteiger partial charge in [-0.2, -0.15) is 0 Å². The Balaban J connectivity index is 4.40. The molecule has 0 bridgehead atoms. The highest BCUT2D eigenvalue weighted by atomic mass is 16.7. The average molecular weight is 767 g/mol. The zero-order valence-electron chi connectivity index (χ0n) is 35.6. The topological polar surface area (TPSA) is 108 Å². The standard InChI is InChI=1S/C45H83NO8/c1-6-8-10-12-14-16-18-19-20-21-22-23-24-25-26-28-30-32-34-36-43(48)54-41(40-53-45(44(49)50)51-38-37-46(3,4)5)39-52-42(47)35-33-31-29-27-17-15-13-11-9-7-2/h14,16,19-20,41,45H,6-13,15,17-18,21-40H2,1-5H3/p+1/b16-14-,20-19-. The van der Waals surface area contributed by atoms with E-state index in [-0.39, 0.29) is 32.2 Å². The summed E-state index contributed by atoms with van der Waals surface area (Å²) < 4.78 is 22.7. The Bertz CT molecular complexity index is 944. The van der Waals surface area contributed by atoms with Gasteiger partial charge in [-0.1, -0.05) is 154 Å². The summed E-state index contributed by atoms with van der Waals surface area (Å²) in [5.74, 6) is -2.01. The van der Waals surface area contributed by atoms with Crippen molar-refractivity contribution in [3.05, 3.63) is 24.3 Å². The fourth-order valence-electron chi connectivity index (χ4n) is 5.98. The minimum Gasteiger partial charge on any atom is -0.477 e. The van der Waals surface area contributed by atoms with Crippen molar-refractivity contribution in [2.45, 2.75) is 200 Å². The number of carboxylic acids is 1. The number of allylic oxidation sites excluding steroid dienone is 4. The second-order valence-corrected chi connectivity index (χ2v) is 16.0. The van der Waals surface area contributed by atoms with Crippen LogP contribution in [0.15, 0.2) is 24.3 Å². The number of aliphatic carboxylic acids is 1. The largest absolute Gasteiger partial charge is 0.477 e. The van der Waals surface area contributed by atoms with Crippen LogP contribution in [0.5, 0.6) is 0 Å². The van der Waals surface area contributed by atoms with Crippen molar-refractivity contribution in [1.29, 1.82) is 0 Å². The van der Waals surface area contributed by atoms with E-state index in [2.05, 4.69) is 38.2 Å². The fourth-order valence-corrected chi connectivity index (χ4v) is 5.98. The maximum atomic E-state index is 12.7. The zero-order valence-corrected chi connectivity index (χ0v) is 35.6. The van der Waals surface area contributed by atoms with E-state index >= 15 is 0 Å². The van der Waals surface area contributed by atoms with Crippen LogP contribution in [-0.2, 0) is 33.3 Å². The summed E-state index contributed by atoms with van der Waals surface area (Å²) in [5, 5.41) is 9.61. The number of quaternary nitrogens is 1. The molecular formula is C45H84NO8+. The van der Waals surface area contributed by atoms with E-state index in [1.807, 2.05) is 21.1 Å². The summed E-state index contributed by atoms with van der Waals surface area (Å²) in [7, 11) is 5.95. The summed E-state index contributed by atoms with van der Waals surface area (Å²) >= 11 is 0. The normalized spacial score (nSPS) is 13.1. The molecule has 2 atom stereocenters. The Labute approximate surface area is 331 Å². The van der Waals surface area contributed by atoms with Crippen molar-refractivity contribution in [1.82, 2.24) is 0 Å².